The molecule has 3 amide bonds. The van der Waals surface area contributed by atoms with Gasteiger partial charge in [-0.25, -0.2) is 4.57 Å². The molecule has 0 heterocycles. The van der Waals surface area contributed by atoms with Crippen LogP contribution in [0.3, 0.4) is 0 Å². The Bertz CT molecular complexity index is 1530. The zero-order valence-corrected chi connectivity index (χ0v) is 46.0. The molecule has 0 aromatic heterocycles. The molecule has 0 unspecified atom stereocenters. The van der Waals surface area contributed by atoms with E-state index < -0.39 is 7.82 Å². The lowest BCUT2D eigenvalue weighted by Gasteiger charge is -2.16. The first-order valence-corrected chi connectivity index (χ1v) is 28.5. The van der Waals surface area contributed by atoms with Crippen LogP contribution >= 0.6 is 7.82 Å². The van der Waals surface area contributed by atoms with Crippen molar-refractivity contribution in [2.24, 2.45) is 0 Å². The van der Waals surface area contributed by atoms with Crippen LogP contribution in [0.15, 0.2) is 91.0 Å². The topological polar surface area (TPSA) is 175 Å². The van der Waals surface area contributed by atoms with Gasteiger partial charge in [0.2, 0.25) is 17.7 Å². The zero-order valence-electron chi connectivity index (χ0n) is 45.1. The molecule has 0 spiro atoms. The van der Waals surface area contributed by atoms with Gasteiger partial charge in [0.25, 0.3) is 0 Å². The average Bonchev–Trinajstić information content (AvgIpc) is 3.34. The SMILES string of the molecule is CCCCCCCC(=O)NCCCN(C)Cc1ccccc1.CCCCCCCC(=O)NCCCN(C)Cc1ccccc1.CCCCCCCC(=O)NCCCN(C)Cc1ccccc1.O=P(O)(O)O. The molecule has 6 N–H and O–H groups in total. The summed E-state index contributed by atoms with van der Waals surface area (Å²) in [5.41, 5.74) is 4.00. The van der Waals surface area contributed by atoms with E-state index in [1.165, 1.54) is 93.7 Å². The van der Waals surface area contributed by atoms with Crippen LogP contribution in [0.25, 0.3) is 0 Å². The van der Waals surface area contributed by atoms with Gasteiger partial charge in [0.15, 0.2) is 0 Å². The molecule has 0 saturated heterocycles. The van der Waals surface area contributed by atoms with Crippen molar-refractivity contribution >= 4 is 25.5 Å². The minimum atomic E-state index is -4.64. The Hall–Kier alpha value is -3.94. The Morgan fingerprint density at radius 1 is 0.394 bits per heavy atom. The second-order valence-electron chi connectivity index (χ2n) is 18.8. The maximum absolute atomic E-state index is 11.7. The van der Waals surface area contributed by atoms with Gasteiger partial charge in [-0.15, -0.1) is 0 Å². The largest absolute Gasteiger partial charge is 0.466 e. The Balaban J connectivity index is 0.000000985. The highest BCUT2D eigenvalue weighted by Gasteiger charge is 2.06. The van der Waals surface area contributed by atoms with Gasteiger partial charge < -0.3 is 45.3 Å². The molecule has 0 aliphatic carbocycles. The summed E-state index contributed by atoms with van der Waals surface area (Å²) >= 11 is 0. The van der Waals surface area contributed by atoms with E-state index in [4.69, 9.17) is 19.2 Å². The summed E-state index contributed by atoms with van der Waals surface area (Å²) in [5.74, 6) is 0.631. The number of carbonyl (C=O) groups excluding carboxylic acids is 3. The summed E-state index contributed by atoms with van der Waals surface area (Å²) in [6, 6.07) is 31.5. The minimum Gasteiger partial charge on any atom is -0.356 e. The number of carbonyl (C=O) groups is 3. The quantitative estimate of drug-likeness (QED) is 0.0243. The number of unbranched alkanes of at least 4 members (excludes halogenated alkanes) is 12. The lowest BCUT2D eigenvalue weighted by atomic mass is 10.1. The number of benzene rings is 3. The summed E-state index contributed by atoms with van der Waals surface area (Å²) in [7, 11) is 1.74. The predicted octanol–water partition coefficient (Wildman–Crippen LogP) is 11.0. The van der Waals surface area contributed by atoms with Crippen molar-refractivity contribution in [2.45, 2.75) is 175 Å². The molecule has 3 aromatic rings. The second kappa shape index (κ2) is 47.1. The van der Waals surface area contributed by atoms with Crippen molar-refractivity contribution in [3.8, 4) is 0 Å². The minimum absolute atomic E-state index is 0.210. The van der Waals surface area contributed by atoms with Gasteiger partial charge in [-0.05, 0) is 96.0 Å². The van der Waals surface area contributed by atoms with Gasteiger partial charge in [0.1, 0.15) is 0 Å². The number of nitrogens with one attached hydrogen (secondary N) is 3. The predicted molar refractivity (Wildman–Crippen MR) is 296 cm³/mol. The number of amides is 3. The normalized spacial score (nSPS) is 10.9. The third-order valence-corrected chi connectivity index (χ3v) is 11.5. The van der Waals surface area contributed by atoms with Gasteiger partial charge in [-0.3, -0.25) is 14.4 Å². The molecule has 0 bridgehead atoms. The lowest BCUT2D eigenvalue weighted by Crippen LogP contribution is -2.27. The molecule has 3 rings (SSSR count). The first kappa shape index (κ1) is 67.1. The molecule has 13 nitrogen and oxygen atoms in total. The molecular formula is C57H99N6O7P. The van der Waals surface area contributed by atoms with Crippen molar-refractivity contribution in [1.82, 2.24) is 30.7 Å². The number of rotatable bonds is 36. The van der Waals surface area contributed by atoms with E-state index in [-0.39, 0.29) is 17.7 Å². The van der Waals surface area contributed by atoms with Gasteiger partial charge in [0.05, 0.1) is 0 Å². The first-order chi connectivity index (χ1) is 34.2. The van der Waals surface area contributed by atoms with E-state index in [1.807, 2.05) is 18.2 Å². The van der Waals surface area contributed by atoms with E-state index in [2.05, 4.69) is 145 Å². The smallest absolute Gasteiger partial charge is 0.356 e. The van der Waals surface area contributed by atoms with Crippen LogP contribution in [0.1, 0.15) is 172 Å². The van der Waals surface area contributed by atoms with Crippen molar-refractivity contribution in [3.05, 3.63) is 108 Å². The number of phosphoric acid groups is 1. The third kappa shape index (κ3) is 49.4. The first-order valence-electron chi connectivity index (χ1n) is 26.9. The van der Waals surface area contributed by atoms with E-state index in [0.29, 0.717) is 19.3 Å². The van der Waals surface area contributed by atoms with Crippen LogP contribution < -0.4 is 16.0 Å². The fourth-order valence-corrected chi connectivity index (χ4v) is 7.59. The van der Waals surface area contributed by atoms with Gasteiger partial charge in [-0.1, -0.05) is 189 Å². The number of nitrogens with zero attached hydrogens (tertiary/aromatic N) is 3. The van der Waals surface area contributed by atoms with Crippen LogP contribution in [-0.4, -0.2) is 108 Å². The Labute approximate surface area is 431 Å². The Kier molecular flexibility index (Phi) is 44.5. The van der Waals surface area contributed by atoms with Crippen LogP contribution in [0.2, 0.25) is 0 Å². The summed E-state index contributed by atoms with van der Waals surface area (Å²) in [6.45, 7) is 14.9. The van der Waals surface area contributed by atoms with E-state index >= 15 is 0 Å². The van der Waals surface area contributed by atoms with Crippen molar-refractivity contribution in [1.29, 1.82) is 0 Å². The molecule has 0 fully saturated rings. The highest BCUT2D eigenvalue weighted by molar-refractivity contribution is 7.45. The lowest BCUT2D eigenvalue weighted by molar-refractivity contribution is -0.122. The maximum Gasteiger partial charge on any atom is 0.466 e. The van der Waals surface area contributed by atoms with Crippen molar-refractivity contribution in [3.63, 3.8) is 0 Å². The fourth-order valence-electron chi connectivity index (χ4n) is 7.59. The zero-order chi connectivity index (χ0) is 52.6. The molecule has 71 heavy (non-hydrogen) atoms. The summed E-state index contributed by atoms with van der Waals surface area (Å²) in [6.07, 6.45) is 23.1. The van der Waals surface area contributed by atoms with Crippen LogP contribution in [-0.2, 0) is 38.6 Å². The molecule has 3 aromatic carbocycles. The van der Waals surface area contributed by atoms with Crippen molar-refractivity contribution < 1.29 is 33.6 Å². The highest BCUT2D eigenvalue weighted by Crippen LogP contribution is 2.25. The molecule has 0 aliphatic heterocycles. The monoisotopic (exact) mass is 1010 g/mol. The van der Waals surface area contributed by atoms with Gasteiger partial charge in [-0.2, -0.15) is 0 Å². The van der Waals surface area contributed by atoms with Crippen LogP contribution in [0.4, 0.5) is 0 Å². The van der Waals surface area contributed by atoms with Crippen LogP contribution in [0.5, 0.6) is 0 Å². The van der Waals surface area contributed by atoms with Gasteiger partial charge in [0, 0.05) is 58.5 Å². The van der Waals surface area contributed by atoms with Crippen LogP contribution in [0, 0.1) is 0 Å². The van der Waals surface area contributed by atoms with E-state index in [1.54, 1.807) is 0 Å². The Morgan fingerprint density at radius 3 is 0.845 bits per heavy atom. The molecular weight excluding hydrogens is 912 g/mol. The standard InChI is InChI=1S/3C19H32N2O.H3O4P/c3*1-3-4-5-6-10-14-19(22)20-15-11-16-21(2)17-18-12-8-7-9-13-18;1-5(2,3)4/h3*7-9,12-13H,3-6,10-11,14-17H2,1-2H3,(H,20,22);(H3,1,2,3,4). The molecule has 0 aliphatic rings. The second-order valence-corrected chi connectivity index (χ2v) is 19.8. The van der Waals surface area contributed by atoms with Gasteiger partial charge >= 0.3 is 7.82 Å². The fraction of sp³-hybridized carbons (Fsp3) is 0.632. The number of hydrogen-bond donors (Lipinski definition) is 6. The number of hydrogen-bond acceptors (Lipinski definition) is 7. The summed E-state index contributed by atoms with van der Waals surface area (Å²) in [4.78, 5) is 63.5. The highest BCUT2D eigenvalue weighted by atomic mass is 31.2. The molecule has 404 valence electrons. The molecule has 0 saturated carbocycles. The molecule has 14 heteroatoms. The summed E-state index contributed by atoms with van der Waals surface area (Å²) in [5, 5.41) is 9.08. The summed E-state index contributed by atoms with van der Waals surface area (Å²) < 4.78 is 8.88. The van der Waals surface area contributed by atoms with E-state index in [0.717, 1.165) is 97.4 Å². The van der Waals surface area contributed by atoms with Crippen molar-refractivity contribution in [2.75, 3.05) is 60.4 Å². The Morgan fingerprint density at radius 2 is 0.620 bits per heavy atom. The maximum atomic E-state index is 11.7. The molecule has 0 radical (unpaired) electrons. The third-order valence-electron chi connectivity index (χ3n) is 11.5. The molecule has 0 atom stereocenters. The van der Waals surface area contributed by atoms with E-state index in [9.17, 15) is 14.4 Å². The average molecular weight is 1010 g/mol.